The second-order valence-electron chi connectivity index (χ2n) is 7.60. The highest BCUT2D eigenvalue weighted by Gasteiger charge is 2.21. The van der Waals surface area contributed by atoms with Gasteiger partial charge in [-0.2, -0.15) is 5.10 Å². The zero-order valence-electron chi connectivity index (χ0n) is 18.7. The first-order valence-electron chi connectivity index (χ1n) is 10.0. The molecule has 0 saturated carbocycles. The molecule has 2 aromatic heterocycles. The minimum absolute atomic E-state index is 0.143. The molecule has 2 heterocycles. The van der Waals surface area contributed by atoms with E-state index in [1.165, 1.54) is 11.8 Å². The molecular formula is C22H28N6O2S. The fourth-order valence-corrected chi connectivity index (χ4v) is 3.64. The Morgan fingerprint density at radius 1 is 1.26 bits per heavy atom. The Kier molecular flexibility index (Phi) is 7.17. The van der Waals surface area contributed by atoms with Crippen LogP contribution in [0.2, 0.25) is 0 Å². The van der Waals surface area contributed by atoms with Gasteiger partial charge in [0.05, 0.1) is 7.11 Å². The number of nitrogens with one attached hydrogen (secondary N) is 2. The van der Waals surface area contributed by atoms with Crippen molar-refractivity contribution in [3.8, 4) is 5.75 Å². The van der Waals surface area contributed by atoms with Crippen LogP contribution < -0.4 is 15.0 Å². The van der Waals surface area contributed by atoms with Crippen LogP contribution in [0.1, 0.15) is 32.0 Å². The molecule has 0 spiro atoms. The predicted octanol–water partition coefficient (Wildman–Crippen LogP) is 4.39. The number of aryl methyl sites for hydroxylation is 1. The van der Waals surface area contributed by atoms with Crippen LogP contribution >= 0.6 is 11.8 Å². The smallest absolute Gasteiger partial charge is 0.204 e. The molecule has 3 rings (SSSR count). The lowest BCUT2D eigenvalue weighted by Crippen LogP contribution is -2.27. The van der Waals surface area contributed by atoms with E-state index in [1.807, 2.05) is 49.2 Å². The Labute approximate surface area is 186 Å². The molecule has 0 amide bonds. The maximum Gasteiger partial charge on any atom is 0.204 e. The summed E-state index contributed by atoms with van der Waals surface area (Å²) in [6, 6.07) is 9.99. The van der Waals surface area contributed by atoms with Crippen molar-refractivity contribution in [3.63, 3.8) is 0 Å². The van der Waals surface area contributed by atoms with E-state index in [4.69, 9.17) is 14.7 Å². The molecule has 1 aromatic carbocycles. The Hall–Kier alpha value is -3.07. The number of H-pyrrole nitrogens is 1. The number of anilines is 3. The summed E-state index contributed by atoms with van der Waals surface area (Å²) in [6.07, 6.45) is 0.435. The standard InChI is InChI=1S/C22H28N6O2S/c1-13(2)28(5)21-19(30-6)20(23-18-11-14(3)26-27-18)24-22(25-21)31-17-9-7-16(8-10-17)12-15(4)29/h7-11,13H,12H2,1-6H3,(H2,23,24,25,26,27). The molecular weight excluding hydrogens is 412 g/mol. The van der Waals surface area contributed by atoms with Gasteiger partial charge in [0.1, 0.15) is 5.78 Å². The number of aromatic nitrogens is 4. The highest BCUT2D eigenvalue weighted by Crippen LogP contribution is 2.38. The highest BCUT2D eigenvalue weighted by atomic mass is 32.2. The van der Waals surface area contributed by atoms with E-state index in [0.717, 1.165) is 16.2 Å². The monoisotopic (exact) mass is 440 g/mol. The quantitative estimate of drug-likeness (QED) is 0.473. The molecule has 0 aliphatic rings. The third-order valence-electron chi connectivity index (χ3n) is 4.68. The van der Waals surface area contributed by atoms with Crippen LogP contribution in [0.5, 0.6) is 5.75 Å². The molecule has 0 aliphatic carbocycles. The molecule has 0 atom stereocenters. The summed E-state index contributed by atoms with van der Waals surface area (Å²) >= 11 is 1.45. The maximum absolute atomic E-state index is 11.3. The number of rotatable bonds is 9. The van der Waals surface area contributed by atoms with E-state index in [9.17, 15) is 4.79 Å². The van der Waals surface area contributed by atoms with Crippen LogP contribution in [0.25, 0.3) is 0 Å². The van der Waals surface area contributed by atoms with E-state index >= 15 is 0 Å². The van der Waals surface area contributed by atoms with Gasteiger partial charge in [0.15, 0.2) is 22.6 Å². The summed E-state index contributed by atoms with van der Waals surface area (Å²) in [7, 11) is 3.58. The normalized spacial score (nSPS) is 10.9. The number of ketones is 1. The molecule has 3 aromatic rings. The van der Waals surface area contributed by atoms with E-state index in [-0.39, 0.29) is 11.8 Å². The zero-order valence-corrected chi connectivity index (χ0v) is 19.5. The Morgan fingerprint density at radius 3 is 2.52 bits per heavy atom. The van der Waals surface area contributed by atoms with Gasteiger partial charge in [-0.3, -0.25) is 9.89 Å². The summed E-state index contributed by atoms with van der Waals surface area (Å²) in [5, 5.41) is 11.0. The minimum Gasteiger partial charge on any atom is -0.490 e. The molecule has 31 heavy (non-hydrogen) atoms. The average molecular weight is 441 g/mol. The van der Waals surface area contributed by atoms with Crippen molar-refractivity contribution in [1.29, 1.82) is 0 Å². The van der Waals surface area contributed by atoms with E-state index in [1.54, 1.807) is 14.0 Å². The SMILES string of the molecule is COc1c(Nc2cc(C)[nH]n2)nc(Sc2ccc(CC(C)=O)cc2)nc1N(C)C(C)C. The van der Waals surface area contributed by atoms with Gasteiger partial charge in [-0.15, -0.1) is 0 Å². The molecule has 0 fully saturated rings. The lowest BCUT2D eigenvalue weighted by molar-refractivity contribution is -0.116. The van der Waals surface area contributed by atoms with Crippen LogP contribution in [0.4, 0.5) is 17.5 Å². The fourth-order valence-electron chi connectivity index (χ4n) is 2.89. The number of nitrogens with zero attached hydrogens (tertiary/aromatic N) is 4. The first kappa shape index (κ1) is 22.6. The van der Waals surface area contributed by atoms with Gasteiger partial charge in [-0.05, 0) is 57.2 Å². The second kappa shape index (κ2) is 9.82. The number of hydrogen-bond donors (Lipinski definition) is 2. The van der Waals surface area contributed by atoms with Crippen LogP contribution in [0.3, 0.4) is 0 Å². The zero-order chi connectivity index (χ0) is 22.5. The van der Waals surface area contributed by atoms with Crippen molar-refractivity contribution >= 4 is 35.0 Å². The maximum atomic E-state index is 11.3. The number of benzene rings is 1. The van der Waals surface area contributed by atoms with Gasteiger partial charge in [0, 0.05) is 36.2 Å². The molecule has 0 aliphatic heterocycles. The fraction of sp³-hybridized carbons (Fsp3) is 0.364. The summed E-state index contributed by atoms with van der Waals surface area (Å²) in [5.74, 6) is 2.58. The van der Waals surface area contributed by atoms with E-state index < -0.39 is 0 Å². The average Bonchev–Trinajstić information content (AvgIpc) is 3.12. The Bertz CT molecular complexity index is 1050. The number of hydrogen-bond acceptors (Lipinski definition) is 8. The van der Waals surface area contributed by atoms with Gasteiger partial charge < -0.3 is 15.0 Å². The third-order valence-corrected chi connectivity index (χ3v) is 5.55. The Morgan fingerprint density at radius 2 is 1.97 bits per heavy atom. The van der Waals surface area contributed by atoms with Gasteiger partial charge in [-0.25, -0.2) is 9.97 Å². The Balaban J connectivity index is 1.97. The molecule has 0 bridgehead atoms. The summed E-state index contributed by atoms with van der Waals surface area (Å²) in [4.78, 5) is 23.8. The van der Waals surface area contributed by atoms with Crippen LogP contribution in [-0.2, 0) is 11.2 Å². The first-order chi connectivity index (χ1) is 14.8. The van der Waals surface area contributed by atoms with Gasteiger partial charge in [0.2, 0.25) is 5.75 Å². The molecule has 0 saturated heterocycles. The van der Waals surface area contributed by atoms with Gasteiger partial charge >= 0.3 is 0 Å². The molecule has 0 radical (unpaired) electrons. The molecule has 9 heteroatoms. The lowest BCUT2D eigenvalue weighted by atomic mass is 10.1. The summed E-state index contributed by atoms with van der Waals surface area (Å²) < 4.78 is 5.68. The van der Waals surface area contributed by atoms with Crippen molar-refractivity contribution in [2.45, 2.75) is 50.2 Å². The van der Waals surface area contributed by atoms with Crippen molar-refractivity contribution < 1.29 is 9.53 Å². The number of carbonyl (C=O) groups excluding carboxylic acids is 1. The van der Waals surface area contributed by atoms with E-state index in [2.05, 4.69) is 29.4 Å². The van der Waals surface area contributed by atoms with Crippen molar-refractivity contribution in [2.75, 3.05) is 24.4 Å². The third kappa shape index (κ3) is 5.75. The van der Waals surface area contributed by atoms with Crippen LogP contribution in [0, 0.1) is 6.92 Å². The molecule has 164 valence electrons. The number of aromatic amines is 1. The van der Waals surface area contributed by atoms with E-state index in [0.29, 0.717) is 34.8 Å². The van der Waals surface area contributed by atoms with Crippen LogP contribution in [0.15, 0.2) is 40.4 Å². The number of methoxy groups -OCH3 is 1. The number of carbonyl (C=O) groups is 1. The number of ether oxygens (including phenoxy) is 1. The summed E-state index contributed by atoms with van der Waals surface area (Å²) in [6.45, 7) is 7.71. The van der Waals surface area contributed by atoms with Crippen molar-refractivity contribution in [1.82, 2.24) is 20.2 Å². The molecule has 2 N–H and O–H groups in total. The van der Waals surface area contributed by atoms with Crippen LogP contribution in [-0.4, -0.2) is 46.1 Å². The highest BCUT2D eigenvalue weighted by molar-refractivity contribution is 7.99. The number of Topliss-reactive ketones (excluding diaryl/α,β-unsaturated/α-hetero) is 1. The lowest BCUT2D eigenvalue weighted by Gasteiger charge is -2.25. The summed E-state index contributed by atoms with van der Waals surface area (Å²) in [5.41, 5.74) is 1.93. The van der Waals surface area contributed by atoms with Gasteiger partial charge in [-0.1, -0.05) is 12.1 Å². The minimum atomic E-state index is 0.143. The van der Waals surface area contributed by atoms with Crippen molar-refractivity contribution in [2.24, 2.45) is 0 Å². The predicted molar refractivity (Wildman–Crippen MR) is 124 cm³/mol. The van der Waals surface area contributed by atoms with Gasteiger partial charge in [0.25, 0.3) is 0 Å². The first-order valence-corrected chi connectivity index (χ1v) is 10.8. The largest absolute Gasteiger partial charge is 0.490 e. The second-order valence-corrected chi connectivity index (χ2v) is 8.64. The molecule has 8 nitrogen and oxygen atoms in total. The van der Waals surface area contributed by atoms with Crippen molar-refractivity contribution in [3.05, 3.63) is 41.6 Å². The topological polar surface area (TPSA) is 96.0 Å². The molecule has 0 unspecified atom stereocenters.